The maximum Gasteiger partial charge on any atom is 0.143 e. The highest BCUT2D eigenvalue weighted by molar-refractivity contribution is 5.95. The van der Waals surface area contributed by atoms with E-state index in [1.165, 1.54) is 0 Å². The third kappa shape index (κ3) is 2.50. The third-order valence-corrected chi connectivity index (χ3v) is 3.99. The number of benzene rings is 3. The number of H-pyrrole nitrogens is 1. The van der Waals surface area contributed by atoms with E-state index in [-0.39, 0.29) is 5.75 Å². The van der Waals surface area contributed by atoms with Gasteiger partial charge in [0.05, 0.1) is 16.7 Å². The molecule has 118 valence electrons. The maximum atomic E-state index is 10.1. The Bertz CT molecular complexity index is 1070. The van der Waals surface area contributed by atoms with Crippen molar-refractivity contribution in [3.05, 3.63) is 60.4 Å². The first kappa shape index (κ1) is 14.4. The average Bonchev–Trinajstić information content (AvgIpc) is 3.03. The zero-order valence-corrected chi connectivity index (χ0v) is 13.2. The molecule has 1 heterocycles. The number of hydrogen-bond donors (Lipinski definition) is 2. The summed E-state index contributed by atoms with van der Waals surface area (Å²) in [6, 6.07) is 17.0. The summed E-state index contributed by atoms with van der Waals surface area (Å²) in [6.07, 6.45) is 0.857. The Hall–Kier alpha value is -3.21. The van der Waals surface area contributed by atoms with Gasteiger partial charge in [-0.15, -0.1) is 5.11 Å². The number of aromatic hydroxyl groups is 1. The minimum atomic E-state index is 0.119. The first-order valence-electron chi connectivity index (χ1n) is 7.85. The number of aromatic nitrogens is 2. The minimum Gasteiger partial charge on any atom is -0.506 e. The number of nitrogens with one attached hydrogen (secondary N) is 1. The van der Waals surface area contributed by atoms with Gasteiger partial charge >= 0.3 is 0 Å². The zero-order valence-electron chi connectivity index (χ0n) is 13.2. The van der Waals surface area contributed by atoms with Crippen molar-refractivity contribution < 1.29 is 5.11 Å². The van der Waals surface area contributed by atoms with E-state index in [9.17, 15) is 5.11 Å². The Labute approximate surface area is 138 Å². The fraction of sp³-hybridized carbons (Fsp3) is 0.105. The summed E-state index contributed by atoms with van der Waals surface area (Å²) < 4.78 is 0. The van der Waals surface area contributed by atoms with Crippen LogP contribution < -0.4 is 0 Å². The van der Waals surface area contributed by atoms with E-state index in [1.54, 1.807) is 6.07 Å². The molecule has 0 bridgehead atoms. The molecule has 4 rings (SSSR count). The Kier molecular flexibility index (Phi) is 3.46. The Balaban J connectivity index is 1.76. The summed E-state index contributed by atoms with van der Waals surface area (Å²) in [6.45, 7) is 2.06. The first-order chi connectivity index (χ1) is 11.7. The number of imidazole rings is 1. The Morgan fingerprint density at radius 3 is 2.79 bits per heavy atom. The molecular weight excluding hydrogens is 300 g/mol. The van der Waals surface area contributed by atoms with Crippen LogP contribution in [0.15, 0.2) is 64.8 Å². The number of aryl methyl sites for hydroxylation is 1. The molecule has 0 aliphatic heterocycles. The minimum absolute atomic E-state index is 0.119. The monoisotopic (exact) mass is 316 g/mol. The van der Waals surface area contributed by atoms with Crippen molar-refractivity contribution in [2.24, 2.45) is 10.2 Å². The van der Waals surface area contributed by atoms with Crippen LogP contribution in [0.5, 0.6) is 5.75 Å². The molecule has 1 aromatic heterocycles. The van der Waals surface area contributed by atoms with E-state index < -0.39 is 0 Å². The molecular formula is C19H16N4O. The largest absolute Gasteiger partial charge is 0.506 e. The number of phenols is 1. The fourth-order valence-corrected chi connectivity index (χ4v) is 2.74. The van der Waals surface area contributed by atoms with Crippen molar-refractivity contribution in [3.8, 4) is 5.75 Å². The lowest BCUT2D eigenvalue weighted by molar-refractivity contribution is 0.477. The Morgan fingerprint density at radius 1 is 1.04 bits per heavy atom. The molecule has 0 aliphatic rings. The Morgan fingerprint density at radius 2 is 1.92 bits per heavy atom. The standard InChI is InChI=1S/C19H16N4O/c1-2-18-20-15-9-8-13(11-16(15)21-18)22-23-19-14-6-4-3-5-12(14)7-10-17(19)24/h3-11,24H,2H2,1H3,(H,20,21). The number of aromatic amines is 1. The van der Waals surface area contributed by atoms with Crippen LogP contribution in [0.1, 0.15) is 12.7 Å². The molecule has 0 atom stereocenters. The van der Waals surface area contributed by atoms with Crippen molar-refractivity contribution in [1.29, 1.82) is 0 Å². The van der Waals surface area contributed by atoms with Gasteiger partial charge < -0.3 is 10.1 Å². The molecule has 0 fully saturated rings. The lowest BCUT2D eigenvalue weighted by atomic mass is 10.1. The molecule has 0 saturated heterocycles. The quantitative estimate of drug-likeness (QED) is 0.497. The second kappa shape index (κ2) is 5.77. The predicted octanol–water partition coefficient (Wildman–Crippen LogP) is 5.40. The van der Waals surface area contributed by atoms with E-state index in [1.807, 2.05) is 48.5 Å². The van der Waals surface area contributed by atoms with Crippen molar-refractivity contribution in [1.82, 2.24) is 9.97 Å². The molecule has 0 saturated carbocycles. The highest BCUT2D eigenvalue weighted by atomic mass is 16.3. The summed E-state index contributed by atoms with van der Waals surface area (Å²) in [5.74, 6) is 1.07. The highest BCUT2D eigenvalue weighted by Crippen LogP contribution is 2.36. The van der Waals surface area contributed by atoms with Gasteiger partial charge in [-0.3, -0.25) is 0 Å². The van der Waals surface area contributed by atoms with Gasteiger partial charge in [0, 0.05) is 11.8 Å². The highest BCUT2D eigenvalue weighted by Gasteiger charge is 2.06. The molecule has 0 radical (unpaired) electrons. The van der Waals surface area contributed by atoms with Crippen LogP contribution in [0.25, 0.3) is 21.8 Å². The molecule has 0 spiro atoms. The van der Waals surface area contributed by atoms with Gasteiger partial charge in [0.15, 0.2) is 0 Å². The molecule has 0 unspecified atom stereocenters. The average molecular weight is 316 g/mol. The van der Waals surface area contributed by atoms with E-state index in [0.717, 1.165) is 34.1 Å². The summed E-state index contributed by atoms with van der Waals surface area (Å²) in [5.41, 5.74) is 3.04. The smallest absolute Gasteiger partial charge is 0.143 e. The molecule has 5 heteroatoms. The summed E-state index contributed by atoms with van der Waals surface area (Å²) in [7, 11) is 0. The van der Waals surface area contributed by atoms with Crippen molar-refractivity contribution in [3.63, 3.8) is 0 Å². The molecule has 0 amide bonds. The van der Waals surface area contributed by atoms with Gasteiger partial charge in [-0.1, -0.05) is 37.3 Å². The summed E-state index contributed by atoms with van der Waals surface area (Å²) >= 11 is 0. The second-order valence-electron chi connectivity index (χ2n) is 5.59. The molecule has 2 N–H and O–H groups in total. The van der Waals surface area contributed by atoms with Crippen LogP contribution >= 0.6 is 0 Å². The van der Waals surface area contributed by atoms with Gasteiger partial charge in [-0.25, -0.2) is 4.98 Å². The van der Waals surface area contributed by atoms with Crippen LogP contribution in [0.2, 0.25) is 0 Å². The van der Waals surface area contributed by atoms with Gasteiger partial charge in [0.1, 0.15) is 17.3 Å². The van der Waals surface area contributed by atoms with E-state index in [2.05, 4.69) is 27.1 Å². The predicted molar refractivity (Wildman–Crippen MR) is 95.3 cm³/mol. The molecule has 0 aliphatic carbocycles. The number of rotatable bonds is 3. The van der Waals surface area contributed by atoms with Gasteiger partial charge in [0.25, 0.3) is 0 Å². The van der Waals surface area contributed by atoms with E-state index in [4.69, 9.17) is 0 Å². The van der Waals surface area contributed by atoms with Gasteiger partial charge in [-0.2, -0.15) is 5.11 Å². The molecule has 5 nitrogen and oxygen atoms in total. The van der Waals surface area contributed by atoms with Crippen molar-refractivity contribution >= 4 is 33.2 Å². The SMILES string of the molecule is CCc1nc2ccc(N=Nc3c(O)ccc4ccccc34)cc2[nH]1. The third-order valence-electron chi connectivity index (χ3n) is 3.99. The summed E-state index contributed by atoms with van der Waals surface area (Å²) in [5, 5.41) is 20.6. The van der Waals surface area contributed by atoms with Gasteiger partial charge in [0.2, 0.25) is 0 Å². The molecule has 3 aromatic carbocycles. The number of hydrogen-bond acceptors (Lipinski definition) is 4. The summed E-state index contributed by atoms with van der Waals surface area (Å²) in [4.78, 5) is 7.74. The maximum absolute atomic E-state index is 10.1. The van der Waals surface area contributed by atoms with Crippen LogP contribution in [-0.2, 0) is 6.42 Å². The molecule has 4 aromatic rings. The topological polar surface area (TPSA) is 73.6 Å². The van der Waals surface area contributed by atoms with Crippen LogP contribution in [0.3, 0.4) is 0 Å². The zero-order chi connectivity index (χ0) is 16.5. The normalized spacial score (nSPS) is 11.7. The van der Waals surface area contributed by atoms with Crippen molar-refractivity contribution in [2.75, 3.05) is 0 Å². The number of phenolic OH excluding ortho intramolecular Hbond substituents is 1. The number of azo groups is 1. The second-order valence-corrected chi connectivity index (χ2v) is 5.59. The first-order valence-corrected chi connectivity index (χ1v) is 7.85. The number of nitrogens with zero attached hydrogens (tertiary/aromatic N) is 3. The van der Waals surface area contributed by atoms with E-state index >= 15 is 0 Å². The number of fused-ring (bicyclic) bond motifs is 2. The fourth-order valence-electron chi connectivity index (χ4n) is 2.74. The lowest BCUT2D eigenvalue weighted by Crippen LogP contribution is -1.79. The van der Waals surface area contributed by atoms with E-state index in [0.29, 0.717) is 11.4 Å². The molecule has 24 heavy (non-hydrogen) atoms. The van der Waals surface area contributed by atoms with Gasteiger partial charge in [-0.05, 0) is 29.7 Å². The van der Waals surface area contributed by atoms with Crippen LogP contribution in [-0.4, -0.2) is 15.1 Å². The van der Waals surface area contributed by atoms with Crippen LogP contribution in [0.4, 0.5) is 11.4 Å². The van der Waals surface area contributed by atoms with Crippen LogP contribution in [0, 0.1) is 0 Å². The lowest BCUT2D eigenvalue weighted by Gasteiger charge is -2.03. The van der Waals surface area contributed by atoms with Crippen molar-refractivity contribution in [2.45, 2.75) is 13.3 Å².